The van der Waals surface area contributed by atoms with E-state index < -0.39 is 5.82 Å². The van der Waals surface area contributed by atoms with Gasteiger partial charge in [-0.25, -0.2) is 9.37 Å². The molecule has 1 heterocycles. The molecule has 1 aromatic heterocycles. The second-order valence-corrected chi connectivity index (χ2v) is 3.96. The Labute approximate surface area is 107 Å². The first-order valence-electron chi connectivity index (χ1n) is 6.35. The number of rotatable bonds is 8. The predicted octanol–water partition coefficient (Wildman–Crippen LogP) is 1.65. The van der Waals surface area contributed by atoms with Gasteiger partial charge in [-0.15, -0.1) is 0 Å². The van der Waals surface area contributed by atoms with Crippen LogP contribution < -0.4 is 10.2 Å². The van der Waals surface area contributed by atoms with Crippen molar-refractivity contribution < 1.29 is 9.50 Å². The van der Waals surface area contributed by atoms with E-state index >= 15 is 0 Å². The fourth-order valence-corrected chi connectivity index (χ4v) is 1.62. The zero-order valence-corrected chi connectivity index (χ0v) is 11.0. The number of hydrogen-bond donors (Lipinski definition) is 2. The highest BCUT2D eigenvalue weighted by Gasteiger charge is 2.14. The zero-order valence-electron chi connectivity index (χ0n) is 11.0. The lowest BCUT2D eigenvalue weighted by Gasteiger charge is -2.23. The minimum atomic E-state index is -0.457. The van der Waals surface area contributed by atoms with Gasteiger partial charge in [0.1, 0.15) is 0 Å². The van der Waals surface area contributed by atoms with Crippen LogP contribution in [-0.4, -0.2) is 41.3 Å². The van der Waals surface area contributed by atoms with Crippen LogP contribution in [0.15, 0.2) is 6.20 Å². The number of nitrogens with one attached hydrogen (secondary N) is 1. The summed E-state index contributed by atoms with van der Waals surface area (Å²) < 4.78 is 13.7. The van der Waals surface area contributed by atoms with Gasteiger partial charge in [-0.2, -0.15) is 4.98 Å². The number of halogens is 1. The number of aromatic nitrogens is 2. The molecule has 0 saturated heterocycles. The van der Waals surface area contributed by atoms with Crippen LogP contribution in [0.1, 0.15) is 26.7 Å². The summed E-state index contributed by atoms with van der Waals surface area (Å²) in [6, 6.07) is 0. The van der Waals surface area contributed by atoms with Crippen molar-refractivity contribution in [2.45, 2.75) is 26.7 Å². The molecule has 5 nitrogen and oxygen atoms in total. The molecular formula is C12H21FN4O. The van der Waals surface area contributed by atoms with E-state index in [9.17, 15) is 4.39 Å². The molecule has 0 aliphatic heterocycles. The summed E-state index contributed by atoms with van der Waals surface area (Å²) in [7, 11) is 0. The number of hydrogen-bond acceptors (Lipinski definition) is 5. The van der Waals surface area contributed by atoms with Gasteiger partial charge >= 0.3 is 0 Å². The van der Waals surface area contributed by atoms with E-state index in [1.54, 1.807) is 4.90 Å². The predicted molar refractivity (Wildman–Crippen MR) is 70.4 cm³/mol. The minimum Gasteiger partial charge on any atom is -0.395 e. The fraction of sp³-hybridized carbons (Fsp3) is 0.667. The molecule has 18 heavy (non-hydrogen) atoms. The normalized spacial score (nSPS) is 10.4. The molecule has 0 aliphatic carbocycles. The van der Waals surface area contributed by atoms with Crippen LogP contribution >= 0.6 is 0 Å². The van der Waals surface area contributed by atoms with E-state index in [2.05, 4.69) is 22.2 Å². The maximum atomic E-state index is 13.7. The molecule has 0 amide bonds. The van der Waals surface area contributed by atoms with E-state index in [-0.39, 0.29) is 12.4 Å². The van der Waals surface area contributed by atoms with Gasteiger partial charge in [-0.3, -0.25) is 0 Å². The van der Waals surface area contributed by atoms with Crippen LogP contribution in [0.4, 0.5) is 16.2 Å². The topological polar surface area (TPSA) is 61.3 Å². The van der Waals surface area contributed by atoms with Crippen molar-refractivity contribution in [1.82, 2.24) is 9.97 Å². The van der Waals surface area contributed by atoms with Crippen LogP contribution in [-0.2, 0) is 0 Å². The van der Waals surface area contributed by atoms with E-state index in [0.717, 1.165) is 19.0 Å². The molecule has 2 N–H and O–H groups in total. The maximum Gasteiger partial charge on any atom is 0.224 e. The maximum absolute atomic E-state index is 13.7. The Hall–Kier alpha value is -1.43. The molecule has 0 saturated carbocycles. The molecule has 0 fully saturated rings. The molecule has 102 valence electrons. The van der Waals surface area contributed by atoms with Crippen molar-refractivity contribution in [1.29, 1.82) is 0 Å². The monoisotopic (exact) mass is 256 g/mol. The van der Waals surface area contributed by atoms with E-state index in [4.69, 9.17) is 5.11 Å². The summed E-state index contributed by atoms with van der Waals surface area (Å²) in [4.78, 5) is 9.77. The van der Waals surface area contributed by atoms with Gasteiger partial charge in [0.05, 0.1) is 12.8 Å². The van der Waals surface area contributed by atoms with Crippen molar-refractivity contribution in [3.05, 3.63) is 12.0 Å². The summed E-state index contributed by atoms with van der Waals surface area (Å²) in [6.45, 7) is 5.70. The Morgan fingerprint density at radius 1 is 1.39 bits per heavy atom. The van der Waals surface area contributed by atoms with Crippen LogP contribution in [0.5, 0.6) is 0 Å². The van der Waals surface area contributed by atoms with Crippen LogP contribution in [0.2, 0.25) is 0 Å². The Morgan fingerprint density at radius 3 is 2.78 bits per heavy atom. The smallest absolute Gasteiger partial charge is 0.224 e. The Kier molecular flexibility index (Phi) is 6.35. The first-order valence-corrected chi connectivity index (χ1v) is 6.35. The van der Waals surface area contributed by atoms with Crippen molar-refractivity contribution in [3.8, 4) is 0 Å². The molecule has 0 atom stereocenters. The second kappa shape index (κ2) is 7.81. The standard InChI is InChI=1S/C12H21FN4O/c1-3-5-6-17(7-8-18)11-10(13)9-15-12(16-11)14-4-2/h9,18H,3-8H2,1-2H3,(H,14,15,16). The van der Waals surface area contributed by atoms with Crippen molar-refractivity contribution in [3.63, 3.8) is 0 Å². The molecule has 0 aromatic carbocycles. The van der Waals surface area contributed by atoms with Crippen molar-refractivity contribution >= 4 is 11.8 Å². The lowest BCUT2D eigenvalue weighted by atomic mass is 10.3. The minimum absolute atomic E-state index is 0.0241. The molecule has 6 heteroatoms. The summed E-state index contributed by atoms with van der Waals surface area (Å²) >= 11 is 0. The van der Waals surface area contributed by atoms with E-state index in [1.807, 2.05) is 6.92 Å². The fourth-order valence-electron chi connectivity index (χ4n) is 1.62. The Bertz CT molecular complexity index is 362. The van der Waals surface area contributed by atoms with Crippen LogP contribution in [0.25, 0.3) is 0 Å². The summed E-state index contributed by atoms with van der Waals surface area (Å²) in [5.74, 6) is 0.206. The molecule has 0 bridgehead atoms. The number of nitrogens with zero attached hydrogens (tertiary/aromatic N) is 3. The lowest BCUT2D eigenvalue weighted by molar-refractivity contribution is 0.300. The van der Waals surface area contributed by atoms with Gasteiger partial charge in [-0.05, 0) is 13.3 Å². The third-order valence-corrected chi connectivity index (χ3v) is 2.51. The van der Waals surface area contributed by atoms with Gasteiger partial charge in [-0.1, -0.05) is 13.3 Å². The number of aliphatic hydroxyl groups excluding tert-OH is 1. The van der Waals surface area contributed by atoms with Crippen LogP contribution in [0, 0.1) is 5.82 Å². The first kappa shape index (κ1) is 14.6. The van der Waals surface area contributed by atoms with Gasteiger partial charge in [0, 0.05) is 19.6 Å². The molecule has 0 unspecified atom stereocenters. The summed E-state index contributed by atoms with van der Waals surface area (Å²) in [5.41, 5.74) is 0. The number of unbranched alkanes of at least 4 members (excludes halogenated alkanes) is 1. The van der Waals surface area contributed by atoms with Gasteiger partial charge in [0.25, 0.3) is 0 Å². The molecule has 0 aliphatic rings. The molecule has 1 aromatic rings. The largest absolute Gasteiger partial charge is 0.395 e. The van der Waals surface area contributed by atoms with Gasteiger partial charge in [0.2, 0.25) is 5.95 Å². The highest BCUT2D eigenvalue weighted by atomic mass is 19.1. The molecule has 0 spiro atoms. The van der Waals surface area contributed by atoms with Crippen molar-refractivity contribution in [2.75, 3.05) is 36.5 Å². The van der Waals surface area contributed by atoms with Gasteiger partial charge < -0.3 is 15.3 Å². The summed E-state index contributed by atoms with van der Waals surface area (Å²) in [6.07, 6.45) is 3.10. The van der Waals surface area contributed by atoms with Crippen LogP contribution in [0.3, 0.4) is 0 Å². The SMILES string of the molecule is CCCCN(CCO)c1nc(NCC)ncc1F. The Balaban J connectivity index is 2.89. The molecular weight excluding hydrogens is 235 g/mol. The Morgan fingerprint density at radius 2 is 2.17 bits per heavy atom. The van der Waals surface area contributed by atoms with E-state index in [0.29, 0.717) is 25.6 Å². The van der Waals surface area contributed by atoms with E-state index in [1.165, 1.54) is 0 Å². The second-order valence-electron chi connectivity index (χ2n) is 3.96. The molecule has 1 rings (SSSR count). The number of aliphatic hydroxyl groups is 1. The highest BCUT2D eigenvalue weighted by molar-refractivity contribution is 5.43. The molecule has 0 radical (unpaired) electrons. The third-order valence-electron chi connectivity index (χ3n) is 2.51. The average molecular weight is 256 g/mol. The third kappa shape index (κ3) is 4.10. The average Bonchev–Trinajstić information content (AvgIpc) is 2.37. The number of anilines is 2. The first-order chi connectivity index (χ1) is 8.72. The lowest BCUT2D eigenvalue weighted by Crippen LogP contribution is -2.30. The zero-order chi connectivity index (χ0) is 13.4. The highest BCUT2D eigenvalue weighted by Crippen LogP contribution is 2.17. The van der Waals surface area contributed by atoms with Gasteiger partial charge in [0.15, 0.2) is 11.6 Å². The summed E-state index contributed by atoms with van der Waals surface area (Å²) in [5, 5.41) is 12.0. The quantitative estimate of drug-likeness (QED) is 0.740. The van der Waals surface area contributed by atoms with Crippen molar-refractivity contribution in [2.24, 2.45) is 0 Å².